The van der Waals surface area contributed by atoms with Gasteiger partial charge < -0.3 is 24.8 Å². The molecule has 3 rings (SSSR count). The minimum absolute atomic E-state index is 0.00713. The first-order chi connectivity index (χ1) is 17.8. The number of aromatic carboxylic acids is 1. The number of urea groups is 1. The molecule has 1 saturated carbocycles. The van der Waals surface area contributed by atoms with Gasteiger partial charge >= 0.3 is 12.0 Å². The Morgan fingerprint density at radius 3 is 2.59 bits per heavy atom. The Hall–Kier alpha value is -2.97. The lowest BCUT2D eigenvalue weighted by Crippen LogP contribution is -2.44. The first-order valence-corrected chi connectivity index (χ1v) is 13.2. The highest BCUT2D eigenvalue weighted by Gasteiger charge is 2.25. The van der Waals surface area contributed by atoms with Crippen LogP contribution >= 0.6 is 0 Å². The summed E-state index contributed by atoms with van der Waals surface area (Å²) in [5.41, 5.74) is 2.14. The van der Waals surface area contributed by atoms with Gasteiger partial charge in [0.2, 0.25) is 0 Å². The Balaban J connectivity index is 1.51. The molecule has 2 aromatic rings. The van der Waals surface area contributed by atoms with Crippen LogP contribution in [-0.2, 0) is 16.1 Å². The van der Waals surface area contributed by atoms with E-state index in [1.54, 1.807) is 36.1 Å². The summed E-state index contributed by atoms with van der Waals surface area (Å²) in [5, 5.41) is 12.3. The minimum Gasteiger partial charge on any atom is -0.478 e. The fourth-order valence-electron chi connectivity index (χ4n) is 4.94. The lowest BCUT2D eigenvalue weighted by molar-refractivity contribution is -0.0531. The maximum atomic E-state index is 13.5. The summed E-state index contributed by atoms with van der Waals surface area (Å²) in [7, 11) is 0. The number of carbonyl (C=O) groups excluding carboxylic acids is 1. The number of hydrogen-bond acceptors (Lipinski definition) is 4. The molecule has 3 atom stereocenters. The van der Waals surface area contributed by atoms with Crippen molar-refractivity contribution in [1.82, 2.24) is 4.90 Å². The molecule has 0 aliphatic heterocycles. The molecule has 1 aliphatic rings. The van der Waals surface area contributed by atoms with Crippen LogP contribution in [0.1, 0.15) is 73.9 Å². The highest BCUT2D eigenvalue weighted by Crippen LogP contribution is 2.26. The SMILES string of the molecule is CCCC(C)N(CCO[C@@H]1CCC[C@H](OCc2cccc(C)c2C(=O)O)C1)C(=O)Nc1cccc(F)c1. The average Bonchev–Trinajstić information content (AvgIpc) is 2.85. The van der Waals surface area contributed by atoms with Gasteiger partial charge in [0.25, 0.3) is 0 Å². The summed E-state index contributed by atoms with van der Waals surface area (Å²) in [6, 6.07) is 11.1. The third-order valence-electron chi connectivity index (χ3n) is 6.89. The Morgan fingerprint density at radius 1 is 1.16 bits per heavy atom. The van der Waals surface area contributed by atoms with Gasteiger partial charge in [0.1, 0.15) is 5.82 Å². The maximum absolute atomic E-state index is 13.5. The lowest BCUT2D eigenvalue weighted by Gasteiger charge is -2.32. The summed E-state index contributed by atoms with van der Waals surface area (Å²) >= 11 is 0. The highest BCUT2D eigenvalue weighted by molar-refractivity contribution is 5.91. The van der Waals surface area contributed by atoms with Gasteiger partial charge in [-0.3, -0.25) is 0 Å². The van der Waals surface area contributed by atoms with E-state index in [2.05, 4.69) is 12.2 Å². The van der Waals surface area contributed by atoms with Crippen molar-refractivity contribution in [2.24, 2.45) is 0 Å². The summed E-state index contributed by atoms with van der Waals surface area (Å²) in [5.74, 6) is -1.34. The minimum atomic E-state index is -0.940. The van der Waals surface area contributed by atoms with Crippen molar-refractivity contribution in [3.63, 3.8) is 0 Å². The van der Waals surface area contributed by atoms with Crippen LogP contribution in [0.3, 0.4) is 0 Å². The predicted molar refractivity (Wildman–Crippen MR) is 141 cm³/mol. The molecule has 7 nitrogen and oxygen atoms in total. The van der Waals surface area contributed by atoms with Gasteiger partial charge in [-0.1, -0.05) is 37.6 Å². The number of carboxylic acid groups (broad SMARTS) is 1. The lowest BCUT2D eigenvalue weighted by atomic mass is 9.94. The van der Waals surface area contributed by atoms with Gasteiger partial charge in [0.05, 0.1) is 31.0 Å². The number of carboxylic acids is 1. The van der Waals surface area contributed by atoms with Gasteiger partial charge in [0.15, 0.2) is 0 Å². The van der Waals surface area contributed by atoms with E-state index in [-0.39, 0.29) is 30.9 Å². The number of carbonyl (C=O) groups is 2. The van der Waals surface area contributed by atoms with Crippen LogP contribution in [0.25, 0.3) is 0 Å². The molecule has 37 heavy (non-hydrogen) atoms. The van der Waals surface area contributed by atoms with Crippen LogP contribution in [0.15, 0.2) is 42.5 Å². The van der Waals surface area contributed by atoms with Crippen LogP contribution in [-0.4, -0.2) is 53.4 Å². The number of ether oxygens (including phenoxy) is 2. The quantitative estimate of drug-likeness (QED) is 0.342. The van der Waals surface area contributed by atoms with E-state index in [4.69, 9.17) is 9.47 Å². The second-order valence-electron chi connectivity index (χ2n) is 9.78. The molecule has 0 heterocycles. The van der Waals surface area contributed by atoms with Crippen molar-refractivity contribution >= 4 is 17.7 Å². The number of nitrogens with zero attached hydrogens (tertiary/aromatic N) is 1. The number of amides is 2. The molecule has 1 fully saturated rings. The summed E-state index contributed by atoms with van der Waals surface area (Å²) in [4.78, 5) is 26.4. The maximum Gasteiger partial charge on any atom is 0.336 e. The Bertz CT molecular complexity index is 1050. The van der Waals surface area contributed by atoms with Gasteiger partial charge in [-0.15, -0.1) is 0 Å². The molecule has 0 bridgehead atoms. The molecule has 2 amide bonds. The number of hydrogen-bond donors (Lipinski definition) is 2. The summed E-state index contributed by atoms with van der Waals surface area (Å²) < 4.78 is 25.8. The second-order valence-corrected chi connectivity index (χ2v) is 9.78. The Kier molecular flexibility index (Phi) is 10.9. The van der Waals surface area contributed by atoms with Crippen molar-refractivity contribution in [2.75, 3.05) is 18.5 Å². The first-order valence-electron chi connectivity index (χ1n) is 13.2. The predicted octanol–water partition coefficient (Wildman–Crippen LogP) is 6.40. The Labute approximate surface area is 219 Å². The smallest absolute Gasteiger partial charge is 0.336 e. The van der Waals surface area contributed by atoms with Gasteiger partial charge in [0, 0.05) is 18.3 Å². The molecular formula is C29H39FN2O5. The molecule has 8 heteroatoms. The standard InChI is InChI=1S/C29H39FN2O5/c1-4-8-21(3)32(29(35)31-24-12-6-11-23(30)17-24)15-16-36-25-13-7-14-26(18-25)37-19-22-10-5-9-20(2)27(22)28(33)34/h5-6,9-12,17,21,25-26H,4,7-8,13-16,18-19H2,1-3H3,(H,31,35)(H,33,34)/t21?,25-,26+/m1/s1. The zero-order valence-electron chi connectivity index (χ0n) is 22.0. The molecule has 1 unspecified atom stereocenters. The Morgan fingerprint density at radius 2 is 1.89 bits per heavy atom. The average molecular weight is 515 g/mol. The van der Waals surface area contributed by atoms with Crippen LogP contribution < -0.4 is 5.32 Å². The molecule has 2 aromatic carbocycles. The van der Waals surface area contributed by atoms with Crippen molar-refractivity contribution in [2.45, 2.75) is 84.2 Å². The third-order valence-corrected chi connectivity index (χ3v) is 6.89. The molecule has 1 aliphatic carbocycles. The van der Waals surface area contributed by atoms with E-state index in [9.17, 15) is 19.1 Å². The van der Waals surface area contributed by atoms with E-state index in [1.807, 2.05) is 13.0 Å². The first kappa shape index (κ1) is 28.6. The van der Waals surface area contributed by atoms with E-state index < -0.39 is 11.8 Å². The number of aryl methyl sites for hydroxylation is 1. The molecule has 202 valence electrons. The van der Waals surface area contributed by atoms with Crippen molar-refractivity contribution < 1.29 is 28.6 Å². The number of benzene rings is 2. The summed E-state index contributed by atoms with van der Waals surface area (Å²) in [6.45, 7) is 6.95. The molecular weight excluding hydrogens is 475 g/mol. The molecule has 0 aromatic heterocycles. The number of halogens is 1. The number of rotatable bonds is 12. The van der Waals surface area contributed by atoms with Crippen LogP contribution in [0, 0.1) is 12.7 Å². The van der Waals surface area contributed by atoms with Gasteiger partial charge in [-0.25, -0.2) is 14.0 Å². The fraction of sp³-hybridized carbons (Fsp3) is 0.517. The topological polar surface area (TPSA) is 88.1 Å². The largest absolute Gasteiger partial charge is 0.478 e. The zero-order valence-corrected chi connectivity index (χ0v) is 22.0. The second kappa shape index (κ2) is 14.1. The summed E-state index contributed by atoms with van der Waals surface area (Å²) in [6.07, 6.45) is 5.33. The van der Waals surface area contributed by atoms with Crippen molar-refractivity contribution in [1.29, 1.82) is 0 Å². The van der Waals surface area contributed by atoms with E-state index >= 15 is 0 Å². The third kappa shape index (κ3) is 8.54. The fourth-order valence-corrected chi connectivity index (χ4v) is 4.94. The van der Waals surface area contributed by atoms with Crippen LogP contribution in [0.5, 0.6) is 0 Å². The van der Waals surface area contributed by atoms with E-state index in [1.165, 1.54) is 12.1 Å². The molecule has 2 N–H and O–H groups in total. The molecule has 0 saturated heterocycles. The number of anilines is 1. The van der Waals surface area contributed by atoms with E-state index in [0.29, 0.717) is 30.0 Å². The van der Waals surface area contributed by atoms with Crippen molar-refractivity contribution in [3.8, 4) is 0 Å². The van der Waals surface area contributed by atoms with Crippen LogP contribution in [0.4, 0.5) is 14.9 Å². The molecule has 0 radical (unpaired) electrons. The van der Waals surface area contributed by atoms with Gasteiger partial charge in [-0.2, -0.15) is 0 Å². The zero-order chi connectivity index (χ0) is 26.8. The van der Waals surface area contributed by atoms with Crippen molar-refractivity contribution in [3.05, 3.63) is 65.0 Å². The van der Waals surface area contributed by atoms with E-state index in [0.717, 1.165) is 44.1 Å². The highest BCUT2D eigenvalue weighted by atomic mass is 19.1. The normalized spacial score (nSPS) is 18.3. The van der Waals surface area contributed by atoms with Crippen LogP contribution in [0.2, 0.25) is 0 Å². The molecule has 0 spiro atoms. The number of nitrogens with one attached hydrogen (secondary N) is 1. The monoisotopic (exact) mass is 514 g/mol. The van der Waals surface area contributed by atoms with Gasteiger partial charge in [-0.05, 0) is 75.3 Å².